The number of aromatic nitrogens is 1. The van der Waals surface area contributed by atoms with E-state index < -0.39 is 0 Å². The Morgan fingerprint density at radius 1 is 1.22 bits per heavy atom. The Bertz CT molecular complexity index is 908. The van der Waals surface area contributed by atoms with E-state index in [1.54, 1.807) is 18.4 Å². The molecular weight excluding hydrogens is 356 g/mol. The van der Waals surface area contributed by atoms with Gasteiger partial charge < -0.3 is 14.8 Å². The largest absolute Gasteiger partial charge is 0.493 e. The Balaban J connectivity index is 1.57. The lowest BCUT2D eigenvalue weighted by molar-refractivity contribution is 0.283. The lowest BCUT2D eigenvalue weighted by Crippen LogP contribution is -2.28. The summed E-state index contributed by atoms with van der Waals surface area (Å²) in [6, 6.07) is 14.6. The molecule has 1 atom stereocenters. The van der Waals surface area contributed by atoms with Crippen LogP contribution in [0.1, 0.15) is 27.7 Å². The highest BCUT2D eigenvalue weighted by Gasteiger charge is 2.21. The first-order chi connectivity index (χ1) is 13.3. The maximum absolute atomic E-state index is 6.06. The second-order valence-corrected chi connectivity index (χ2v) is 7.31. The predicted molar refractivity (Wildman–Crippen MR) is 109 cm³/mol. The van der Waals surface area contributed by atoms with Crippen LogP contribution in [-0.2, 0) is 13.0 Å². The first-order valence-electron chi connectivity index (χ1n) is 9.02. The van der Waals surface area contributed by atoms with Crippen molar-refractivity contribution in [2.75, 3.05) is 13.7 Å². The maximum atomic E-state index is 6.06. The van der Waals surface area contributed by atoms with Gasteiger partial charge in [0.15, 0.2) is 11.5 Å². The van der Waals surface area contributed by atoms with Crippen LogP contribution < -0.4 is 14.8 Å². The van der Waals surface area contributed by atoms with E-state index in [1.165, 1.54) is 11.1 Å². The number of ether oxygens (including phenoxy) is 2. The molecule has 4 rings (SSSR count). The molecule has 0 saturated heterocycles. The summed E-state index contributed by atoms with van der Waals surface area (Å²) in [6.07, 6.45) is 7.04. The van der Waals surface area contributed by atoms with Gasteiger partial charge in [-0.3, -0.25) is 0 Å². The summed E-state index contributed by atoms with van der Waals surface area (Å²) >= 11 is 1.64. The van der Waals surface area contributed by atoms with Crippen LogP contribution in [-0.4, -0.2) is 18.6 Å². The lowest BCUT2D eigenvalue weighted by atomic mass is 9.93. The summed E-state index contributed by atoms with van der Waals surface area (Å²) in [5.74, 6) is 1.56. The van der Waals surface area contributed by atoms with Gasteiger partial charge in [0.05, 0.1) is 13.2 Å². The molecule has 27 heavy (non-hydrogen) atoms. The minimum atomic E-state index is 0.148. The van der Waals surface area contributed by atoms with Crippen molar-refractivity contribution in [1.29, 1.82) is 0 Å². The van der Waals surface area contributed by atoms with E-state index in [0.717, 1.165) is 35.0 Å². The highest BCUT2D eigenvalue weighted by molar-refractivity contribution is 7.10. The summed E-state index contributed by atoms with van der Waals surface area (Å²) < 4.78 is 11.7. The normalized spacial score (nSPS) is 16.3. The van der Waals surface area contributed by atoms with Crippen molar-refractivity contribution in [3.8, 4) is 11.5 Å². The highest BCUT2D eigenvalue weighted by atomic mass is 32.1. The summed E-state index contributed by atoms with van der Waals surface area (Å²) in [4.78, 5) is 4.32. The second kappa shape index (κ2) is 8.37. The fourth-order valence-corrected chi connectivity index (χ4v) is 3.81. The smallest absolute Gasteiger partial charge is 0.161 e. The number of methoxy groups -OCH3 is 1. The van der Waals surface area contributed by atoms with Gasteiger partial charge in [-0.15, -0.1) is 11.3 Å². The van der Waals surface area contributed by atoms with Crippen LogP contribution in [0.2, 0.25) is 0 Å². The zero-order valence-electron chi connectivity index (χ0n) is 15.2. The average Bonchev–Trinajstić information content (AvgIpc) is 3.24. The summed E-state index contributed by atoms with van der Waals surface area (Å²) in [6.45, 7) is 1.46. The van der Waals surface area contributed by atoms with Crippen molar-refractivity contribution >= 4 is 17.4 Å². The van der Waals surface area contributed by atoms with E-state index in [9.17, 15) is 0 Å². The molecule has 1 N–H and O–H groups in total. The van der Waals surface area contributed by atoms with Gasteiger partial charge >= 0.3 is 0 Å². The van der Waals surface area contributed by atoms with E-state index in [-0.39, 0.29) is 6.04 Å². The molecular formula is C22H22N2O2S. The number of fused-ring (bicyclic) bond motifs is 1. The molecule has 0 amide bonds. The van der Waals surface area contributed by atoms with Crippen LogP contribution in [0.3, 0.4) is 0 Å². The molecule has 1 aliphatic heterocycles. The van der Waals surface area contributed by atoms with Crippen molar-refractivity contribution in [2.45, 2.75) is 19.1 Å². The minimum absolute atomic E-state index is 0.148. The monoisotopic (exact) mass is 378 g/mol. The molecule has 0 aliphatic carbocycles. The van der Waals surface area contributed by atoms with Gasteiger partial charge in [-0.05, 0) is 41.3 Å². The van der Waals surface area contributed by atoms with Crippen LogP contribution >= 0.6 is 11.3 Å². The lowest BCUT2D eigenvalue weighted by Gasteiger charge is -2.26. The number of benzene rings is 2. The summed E-state index contributed by atoms with van der Waals surface area (Å²) in [5.41, 5.74) is 3.67. The highest BCUT2D eigenvalue weighted by Crippen LogP contribution is 2.36. The topological polar surface area (TPSA) is 43.4 Å². The first-order valence-corrected chi connectivity index (χ1v) is 9.90. The quantitative estimate of drug-likeness (QED) is 0.679. The number of nitrogens with zero attached hydrogens (tertiary/aromatic N) is 1. The number of hydrogen-bond donors (Lipinski definition) is 1. The third kappa shape index (κ3) is 4.21. The molecule has 1 aliphatic rings. The average molecular weight is 378 g/mol. The van der Waals surface area contributed by atoms with Crippen LogP contribution in [0.5, 0.6) is 11.5 Å². The van der Waals surface area contributed by atoms with E-state index in [4.69, 9.17) is 9.47 Å². The van der Waals surface area contributed by atoms with Gasteiger partial charge in [-0.2, -0.15) is 0 Å². The zero-order chi connectivity index (χ0) is 18.5. The Morgan fingerprint density at radius 3 is 2.89 bits per heavy atom. The van der Waals surface area contributed by atoms with Gasteiger partial charge in [0.25, 0.3) is 0 Å². The second-order valence-electron chi connectivity index (χ2n) is 6.39. The van der Waals surface area contributed by atoms with E-state index in [2.05, 4.69) is 46.7 Å². The summed E-state index contributed by atoms with van der Waals surface area (Å²) in [5, 5.41) is 6.56. The number of thiazole rings is 1. The molecule has 1 aromatic heterocycles. The first kappa shape index (κ1) is 17.8. The molecule has 2 aromatic carbocycles. The van der Waals surface area contributed by atoms with Crippen molar-refractivity contribution in [3.63, 3.8) is 0 Å². The van der Waals surface area contributed by atoms with Crippen molar-refractivity contribution in [3.05, 3.63) is 81.8 Å². The van der Waals surface area contributed by atoms with Crippen LogP contribution in [0.25, 0.3) is 6.08 Å². The molecule has 0 spiro atoms. The standard InChI is InChI=1S/C22H22N2O2S/c1-25-20-14-18-17(13-21(20)26-15-16-5-3-2-4-6-16)9-10-23-19(18)7-8-22-24-11-12-27-22/h2-8,11-14,19,23H,9-10,15H2,1H3. The fraction of sp³-hybridized carbons (Fsp3) is 0.227. The van der Waals surface area contributed by atoms with Crippen LogP contribution in [0.15, 0.2) is 60.1 Å². The molecule has 1 unspecified atom stereocenters. The van der Waals surface area contributed by atoms with Crippen molar-refractivity contribution in [2.24, 2.45) is 0 Å². The minimum Gasteiger partial charge on any atom is -0.493 e. The Hall–Kier alpha value is -2.63. The van der Waals surface area contributed by atoms with E-state index >= 15 is 0 Å². The Morgan fingerprint density at radius 2 is 2.11 bits per heavy atom. The van der Waals surface area contributed by atoms with Crippen LogP contribution in [0.4, 0.5) is 0 Å². The third-order valence-corrected chi connectivity index (χ3v) is 5.38. The molecule has 4 nitrogen and oxygen atoms in total. The van der Waals surface area contributed by atoms with E-state index in [0.29, 0.717) is 6.61 Å². The van der Waals surface area contributed by atoms with Gasteiger partial charge in [0, 0.05) is 18.1 Å². The SMILES string of the molecule is COc1cc2c(cc1OCc1ccccc1)CCNC2C=Cc1nccs1. The number of nitrogens with one attached hydrogen (secondary N) is 1. The van der Waals surface area contributed by atoms with Gasteiger partial charge in [-0.1, -0.05) is 36.4 Å². The molecule has 0 saturated carbocycles. The predicted octanol–water partition coefficient (Wildman–Crippen LogP) is 4.63. The van der Waals surface area contributed by atoms with Gasteiger partial charge in [0.2, 0.25) is 0 Å². The molecule has 2 heterocycles. The molecule has 5 heteroatoms. The van der Waals surface area contributed by atoms with E-state index in [1.807, 2.05) is 29.8 Å². The van der Waals surface area contributed by atoms with Crippen LogP contribution in [0, 0.1) is 0 Å². The van der Waals surface area contributed by atoms with Gasteiger partial charge in [0.1, 0.15) is 11.6 Å². The third-order valence-electron chi connectivity index (χ3n) is 4.64. The number of rotatable bonds is 6. The zero-order valence-corrected chi connectivity index (χ0v) is 16.0. The van der Waals surface area contributed by atoms with Gasteiger partial charge in [-0.25, -0.2) is 4.98 Å². The molecule has 0 bridgehead atoms. The van der Waals surface area contributed by atoms with Crippen molar-refractivity contribution < 1.29 is 9.47 Å². The molecule has 138 valence electrons. The maximum Gasteiger partial charge on any atom is 0.161 e. The number of hydrogen-bond acceptors (Lipinski definition) is 5. The Labute approximate surface area is 163 Å². The van der Waals surface area contributed by atoms with Crippen molar-refractivity contribution in [1.82, 2.24) is 10.3 Å². The fourth-order valence-electron chi connectivity index (χ4n) is 3.27. The molecule has 3 aromatic rings. The summed E-state index contributed by atoms with van der Waals surface area (Å²) in [7, 11) is 1.69. The molecule has 0 radical (unpaired) electrons. The Kier molecular flexibility index (Phi) is 5.51. The molecule has 0 fully saturated rings.